The van der Waals surface area contributed by atoms with Gasteiger partial charge in [0.25, 0.3) is 0 Å². The Bertz CT molecular complexity index is 688. The number of amides is 2. The summed E-state index contributed by atoms with van der Waals surface area (Å²) in [5, 5.41) is 3.96. The summed E-state index contributed by atoms with van der Waals surface area (Å²) < 4.78 is 5.20. The number of ether oxygens (including phenoxy) is 1. The molecule has 2 bridgehead atoms. The van der Waals surface area contributed by atoms with Gasteiger partial charge in [0.15, 0.2) is 0 Å². The van der Waals surface area contributed by atoms with Crippen LogP contribution in [0.15, 0.2) is 24.3 Å². The van der Waals surface area contributed by atoms with Gasteiger partial charge in [-0.05, 0) is 63.1 Å². The fourth-order valence-corrected chi connectivity index (χ4v) is 4.78. The molecule has 26 heavy (non-hydrogen) atoms. The number of nitrogens with zero attached hydrogens (tertiary/aromatic N) is 1. The Morgan fingerprint density at radius 1 is 1.19 bits per heavy atom. The van der Waals surface area contributed by atoms with Crippen molar-refractivity contribution in [2.75, 3.05) is 6.61 Å². The fourth-order valence-electron chi connectivity index (χ4n) is 4.66. The lowest BCUT2D eigenvalue weighted by atomic mass is 9.92. The zero-order valence-corrected chi connectivity index (χ0v) is 15.8. The molecular formula is C20H25ClN2O3. The van der Waals surface area contributed by atoms with E-state index in [1.807, 2.05) is 36.1 Å². The van der Waals surface area contributed by atoms with Crippen LogP contribution in [0.4, 0.5) is 4.79 Å². The molecule has 2 amide bonds. The summed E-state index contributed by atoms with van der Waals surface area (Å²) in [6.45, 7) is 2.23. The maximum absolute atomic E-state index is 13.0. The monoisotopic (exact) mass is 376 g/mol. The lowest BCUT2D eigenvalue weighted by Crippen LogP contribution is -2.53. The quantitative estimate of drug-likeness (QED) is 0.872. The van der Waals surface area contributed by atoms with Crippen molar-refractivity contribution in [3.05, 3.63) is 34.9 Å². The average Bonchev–Trinajstić information content (AvgIpc) is 3.37. The van der Waals surface area contributed by atoms with Crippen molar-refractivity contribution in [2.45, 2.75) is 69.0 Å². The lowest BCUT2D eigenvalue weighted by molar-refractivity contribution is -0.124. The topological polar surface area (TPSA) is 58.6 Å². The maximum Gasteiger partial charge on any atom is 0.410 e. The second-order valence-corrected chi connectivity index (χ2v) is 8.16. The molecule has 1 aliphatic carbocycles. The van der Waals surface area contributed by atoms with Crippen molar-refractivity contribution in [3.63, 3.8) is 0 Å². The van der Waals surface area contributed by atoms with E-state index >= 15 is 0 Å². The molecule has 0 unspecified atom stereocenters. The SMILES string of the molecule is CCOC(=O)N1[C@@H]2CC[C@H]1C[C@@H](NC(=O)C1(c3ccc(Cl)cc3)CC1)C2. The lowest BCUT2D eigenvalue weighted by Gasteiger charge is -2.38. The van der Waals surface area contributed by atoms with Gasteiger partial charge < -0.3 is 15.0 Å². The number of piperidine rings is 1. The molecule has 3 fully saturated rings. The van der Waals surface area contributed by atoms with Gasteiger partial charge >= 0.3 is 6.09 Å². The number of hydrogen-bond donors (Lipinski definition) is 1. The average molecular weight is 377 g/mol. The first-order chi connectivity index (χ1) is 12.5. The highest BCUT2D eigenvalue weighted by molar-refractivity contribution is 6.30. The van der Waals surface area contributed by atoms with Crippen LogP contribution in [-0.4, -0.2) is 41.6 Å². The summed E-state index contributed by atoms with van der Waals surface area (Å²) in [4.78, 5) is 27.1. The molecule has 2 saturated heterocycles. The molecular weight excluding hydrogens is 352 g/mol. The van der Waals surface area contributed by atoms with E-state index in [2.05, 4.69) is 5.32 Å². The van der Waals surface area contributed by atoms with E-state index < -0.39 is 0 Å². The van der Waals surface area contributed by atoms with Gasteiger partial charge in [-0.1, -0.05) is 23.7 Å². The van der Waals surface area contributed by atoms with E-state index in [1.165, 1.54) is 0 Å². The van der Waals surface area contributed by atoms with Crippen LogP contribution in [0.1, 0.15) is 51.0 Å². The van der Waals surface area contributed by atoms with Crippen LogP contribution in [0.25, 0.3) is 0 Å². The van der Waals surface area contributed by atoms with Crippen LogP contribution in [0.5, 0.6) is 0 Å². The summed E-state index contributed by atoms with van der Waals surface area (Å²) in [5.74, 6) is 0.119. The second-order valence-electron chi connectivity index (χ2n) is 7.72. The third-order valence-corrected chi connectivity index (χ3v) is 6.38. The van der Waals surface area contributed by atoms with Gasteiger partial charge in [-0.25, -0.2) is 4.79 Å². The van der Waals surface area contributed by atoms with Crippen LogP contribution in [-0.2, 0) is 14.9 Å². The summed E-state index contributed by atoms with van der Waals surface area (Å²) in [7, 11) is 0. The van der Waals surface area contributed by atoms with Gasteiger partial charge in [0.05, 0.1) is 12.0 Å². The number of carbonyl (C=O) groups excluding carboxylic acids is 2. The first-order valence-electron chi connectivity index (χ1n) is 9.55. The van der Waals surface area contributed by atoms with Gasteiger partial charge in [0.1, 0.15) is 0 Å². The minimum absolute atomic E-state index is 0.119. The number of benzene rings is 1. The summed E-state index contributed by atoms with van der Waals surface area (Å²) in [5.41, 5.74) is 0.661. The van der Waals surface area contributed by atoms with Gasteiger partial charge in [-0.2, -0.15) is 0 Å². The highest BCUT2D eigenvalue weighted by Gasteiger charge is 2.52. The van der Waals surface area contributed by atoms with E-state index in [9.17, 15) is 9.59 Å². The molecule has 1 aromatic carbocycles. The molecule has 3 aliphatic rings. The Morgan fingerprint density at radius 2 is 1.81 bits per heavy atom. The number of fused-ring (bicyclic) bond motifs is 2. The van der Waals surface area contributed by atoms with Crippen LogP contribution >= 0.6 is 11.6 Å². The van der Waals surface area contributed by atoms with Crippen LogP contribution < -0.4 is 5.32 Å². The molecule has 4 rings (SSSR count). The van der Waals surface area contributed by atoms with E-state index in [4.69, 9.17) is 16.3 Å². The van der Waals surface area contributed by atoms with E-state index in [-0.39, 0.29) is 35.5 Å². The van der Waals surface area contributed by atoms with Gasteiger partial charge in [0.2, 0.25) is 5.91 Å². The molecule has 0 aromatic heterocycles. The van der Waals surface area contributed by atoms with E-state index in [1.54, 1.807) is 0 Å². The van der Waals surface area contributed by atoms with E-state index in [0.29, 0.717) is 11.6 Å². The Labute approximate surface area is 159 Å². The highest BCUT2D eigenvalue weighted by atomic mass is 35.5. The maximum atomic E-state index is 13.0. The number of carbonyl (C=O) groups is 2. The minimum Gasteiger partial charge on any atom is -0.450 e. The third kappa shape index (κ3) is 3.07. The smallest absolute Gasteiger partial charge is 0.410 e. The fraction of sp³-hybridized carbons (Fsp3) is 0.600. The summed E-state index contributed by atoms with van der Waals surface area (Å²) in [6.07, 6.45) is 5.19. The molecule has 1 saturated carbocycles. The standard InChI is InChI=1S/C20H25ClN2O3/c1-2-26-19(25)23-16-7-8-17(23)12-15(11-16)22-18(24)20(9-10-20)13-3-5-14(21)6-4-13/h3-6,15-17H,2,7-12H2,1H3,(H,22,24)/t15-,16+,17-. The molecule has 6 heteroatoms. The normalized spacial score (nSPS) is 28.5. The Balaban J connectivity index is 1.41. The first-order valence-corrected chi connectivity index (χ1v) is 9.93. The Hall–Kier alpha value is -1.75. The van der Waals surface area contributed by atoms with Crippen LogP contribution in [0.2, 0.25) is 5.02 Å². The molecule has 0 radical (unpaired) electrons. The van der Waals surface area contributed by atoms with Crippen molar-refractivity contribution in [3.8, 4) is 0 Å². The molecule has 0 spiro atoms. The Morgan fingerprint density at radius 3 is 2.35 bits per heavy atom. The minimum atomic E-state index is -0.387. The van der Waals surface area contributed by atoms with Gasteiger partial charge in [-0.15, -0.1) is 0 Å². The van der Waals surface area contributed by atoms with Crippen molar-refractivity contribution in [2.24, 2.45) is 0 Å². The second kappa shape index (κ2) is 6.76. The number of halogens is 1. The van der Waals surface area contributed by atoms with Crippen LogP contribution in [0, 0.1) is 0 Å². The van der Waals surface area contributed by atoms with Crippen molar-refractivity contribution >= 4 is 23.6 Å². The molecule has 5 nitrogen and oxygen atoms in total. The number of hydrogen-bond acceptors (Lipinski definition) is 3. The van der Waals surface area contributed by atoms with Crippen LogP contribution in [0.3, 0.4) is 0 Å². The Kier molecular flexibility index (Phi) is 4.59. The third-order valence-electron chi connectivity index (χ3n) is 6.13. The molecule has 1 aromatic rings. The molecule has 2 aliphatic heterocycles. The first kappa shape index (κ1) is 17.7. The molecule has 1 N–H and O–H groups in total. The van der Waals surface area contributed by atoms with Crippen molar-refractivity contribution in [1.82, 2.24) is 10.2 Å². The van der Waals surface area contributed by atoms with Gasteiger partial charge in [0, 0.05) is 23.1 Å². The zero-order valence-electron chi connectivity index (χ0n) is 15.0. The highest BCUT2D eigenvalue weighted by Crippen LogP contribution is 2.49. The largest absolute Gasteiger partial charge is 0.450 e. The number of rotatable bonds is 4. The summed E-state index contributed by atoms with van der Waals surface area (Å²) >= 11 is 5.98. The molecule has 140 valence electrons. The van der Waals surface area contributed by atoms with Crippen molar-refractivity contribution < 1.29 is 14.3 Å². The predicted molar refractivity (Wildman–Crippen MR) is 99.2 cm³/mol. The molecule has 3 atom stereocenters. The summed E-state index contributed by atoms with van der Waals surface area (Å²) in [6, 6.07) is 8.12. The zero-order chi connectivity index (χ0) is 18.3. The molecule has 2 heterocycles. The van der Waals surface area contributed by atoms with E-state index in [0.717, 1.165) is 44.1 Å². The number of nitrogens with one attached hydrogen (secondary N) is 1. The predicted octanol–water partition coefficient (Wildman–Crippen LogP) is 3.64. The van der Waals surface area contributed by atoms with Crippen molar-refractivity contribution in [1.29, 1.82) is 0 Å². The van der Waals surface area contributed by atoms with Gasteiger partial charge in [-0.3, -0.25) is 4.79 Å².